The molecule has 0 aromatic heterocycles. The van der Waals surface area contributed by atoms with E-state index in [-0.39, 0.29) is 5.91 Å². The van der Waals surface area contributed by atoms with E-state index in [1.807, 2.05) is 0 Å². The largest absolute Gasteiger partial charge is 0.465 e. The molecule has 0 bridgehead atoms. The van der Waals surface area contributed by atoms with E-state index in [2.05, 4.69) is 5.32 Å². The normalized spacial score (nSPS) is 27.3. The lowest BCUT2D eigenvalue weighted by molar-refractivity contribution is -0.125. The molecule has 90 valence electrons. The molecule has 0 radical (unpaired) electrons. The maximum absolute atomic E-state index is 11.7. The number of hydrogen-bond donors (Lipinski definition) is 3. The zero-order chi connectivity index (χ0) is 11.8. The highest BCUT2D eigenvalue weighted by Crippen LogP contribution is 2.32. The van der Waals surface area contributed by atoms with Crippen molar-refractivity contribution in [2.24, 2.45) is 5.73 Å². The number of amides is 2. The molecule has 1 saturated heterocycles. The summed E-state index contributed by atoms with van der Waals surface area (Å²) in [6.45, 7) is 0.484. The lowest BCUT2D eigenvalue weighted by atomic mass is 10.1. The Hall–Kier alpha value is -1.30. The number of carbonyl (C=O) groups excluding carboxylic acids is 1. The molecule has 6 heteroatoms. The van der Waals surface area contributed by atoms with Gasteiger partial charge in [0.1, 0.15) is 6.17 Å². The van der Waals surface area contributed by atoms with Gasteiger partial charge in [-0.05, 0) is 32.1 Å². The predicted octanol–water partition coefficient (Wildman–Crippen LogP) is 0.0839. The molecular weight excluding hydrogens is 210 g/mol. The number of piperidine rings is 1. The van der Waals surface area contributed by atoms with Crippen LogP contribution in [-0.2, 0) is 4.79 Å². The Balaban J connectivity index is 1.96. The van der Waals surface area contributed by atoms with E-state index in [0.29, 0.717) is 25.8 Å². The Kier molecular flexibility index (Phi) is 2.75. The lowest BCUT2D eigenvalue weighted by Gasteiger charge is -2.34. The van der Waals surface area contributed by atoms with Crippen LogP contribution in [0.2, 0.25) is 0 Å². The quantitative estimate of drug-likeness (QED) is 0.622. The minimum atomic E-state index is -0.980. The van der Waals surface area contributed by atoms with Crippen LogP contribution >= 0.6 is 0 Å². The first-order valence-electron chi connectivity index (χ1n) is 5.62. The second kappa shape index (κ2) is 3.93. The van der Waals surface area contributed by atoms with Gasteiger partial charge in [-0.1, -0.05) is 0 Å². The van der Waals surface area contributed by atoms with Gasteiger partial charge in [-0.2, -0.15) is 0 Å². The van der Waals surface area contributed by atoms with E-state index in [1.54, 1.807) is 0 Å². The van der Waals surface area contributed by atoms with Crippen molar-refractivity contribution < 1.29 is 14.7 Å². The van der Waals surface area contributed by atoms with Crippen molar-refractivity contribution in [3.63, 3.8) is 0 Å². The fraction of sp³-hybridized carbons (Fsp3) is 0.800. The van der Waals surface area contributed by atoms with Crippen LogP contribution in [0.25, 0.3) is 0 Å². The molecule has 16 heavy (non-hydrogen) atoms. The molecule has 1 saturated carbocycles. The van der Waals surface area contributed by atoms with Crippen LogP contribution in [0.15, 0.2) is 0 Å². The minimum absolute atomic E-state index is 0.217. The fourth-order valence-electron chi connectivity index (χ4n) is 1.97. The average Bonchev–Trinajstić information content (AvgIpc) is 2.98. The van der Waals surface area contributed by atoms with Crippen LogP contribution in [0.3, 0.4) is 0 Å². The number of nitrogens with two attached hydrogens (primary N) is 1. The van der Waals surface area contributed by atoms with Crippen molar-refractivity contribution >= 4 is 12.0 Å². The zero-order valence-corrected chi connectivity index (χ0v) is 9.11. The third-order valence-corrected chi connectivity index (χ3v) is 3.29. The molecule has 0 spiro atoms. The van der Waals surface area contributed by atoms with E-state index in [0.717, 1.165) is 12.8 Å². The Labute approximate surface area is 93.8 Å². The number of nitrogens with one attached hydrogen (secondary N) is 1. The molecule has 1 heterocycles. The molecule has 0 aromatic carbocycles. The molecular formula is C10H17N3O3. The standard InChI is InChI=1S/C10H17N3O3/c11-10(4-5-10)8(14)12-7-3-1-2-6-13(7)9(15)16/h7H,1-6,11H2,(H,12,14)(H,15,16). The summed E-state index contributed by atoms with van der Waals surface area (Å²) < 4.78 is 0. The summed E-state index contributed by atoms with van der Waals surface area (Å²) in [4.78, 5) is 23.9. The number of carboxylic acid groups (broad SMARTS) is 1. The van der Waals surface area contributed by atoms with E-state index < -0.39 is 17.8 Å². The maximum atomic E-state index is 11.7. The van der Waals surface area contributed by atoms with Crippen LogP contribution in [0.5, 0.6) is 0 Å². The van der Waals surface area contributed by atoms with E-state index in [4.69, 9.17) is 10.8 Å². The molecule has 2 aliphatic rings. The van der Waals surface area contributed by atoms with Gasteiger partial charge in [0.15, 0.2) is 0 Å². The average molecular weight is 227 g/mol. The monoisotopic (exact) mass is 227 g/mol. The van der Waals surface area contributed by atoms with Crippen molar-refractivity contribution in [1.29, 1.82) is 0 Å². The van der Waals surface area contributed by atoms with Gasteiger partial charge in [0.25, 0.3) is 0 Å². The molecule has 1 aliphatic carbocycles. The van der Waals surface area contributed by atoms with Gasteiger partial charge in [0.05, 0.1) is 5.54 Å². The fourth-order valence-corrected chi connectivity index (χ4v) is 1.97. The van der Waals surface area contributed by atoms with Crippen molar-refractivity contribution in [3.8, 4) is 0 Å². The Bertz CT molecular complexity index is 314. The summed E-state index contributed by atoms with van der Waals surface area (Å²) in [6.07, 6.45) is 2.47. The van der Waals surface area contributed by atoms with Gasteiger partial charge >= 0.3 is 6.09 Å². The summed E-state index contributed by atoms with van der Waals surface area (Å²) in [5.41, 5.74) is 5.02. The number of hydrogen-bond acceptors (Lipinski definition) is 3. The summed E-state index contributed by atoms with van der Waals surface area (Å²) in [7, 11) is 0. The molecule has 1 atom stereocenters. The van der Waals surface area contributed by atoms with Gasteiger partial charge in [-0.25, -0.2) is 4.79 Å². The van der Waals surface area contributed by atoms with Crippen LogP contribution in [0.4, 0.5) is 4.79 Å². The minimum Gasteiger partial charge on any atom is -0.465 e. The van der Waals surface area contributed by atoms with Crippen LogP contribution in [0, 0.1) is 0 Å². The van der Waals surface area contributed by atoms with Crippen molar-refractivity contribution in [3.05, 3.63) is 0 Å². The first-order valence-corrected chi connectivity index (χ1v) is 5.62. The zero-order valence-electron chi connectivity index (χ0n) is 9.11. The molecule has 2 fully saturated rings. The summed E-state index contributed by atoms with van der Waals surface area (Å²) in [5.74, 6) is -0.217. The highest BCUT2D eigenvalue weighted by atomic mass is 16.4. The lowest BCUT2D eigenvalue weighted by Crippen LogP contribution is -2.56. The van der Waals surface area contributed by atoms with Gasteiger partial charge < -0.3 is 16.2 Å². The van der Waals surface area contributed by atoms with Crippen LogP contribution in [-0.4, -0.2) is 40.3 Å². The van der Waals surface area contributed by atoms with E-state index in [9.17, 15) is 9.59 Å². The summed E-state index contributed by atoms with van der Waals surface area (Å²) in [6, 6.07) is 0. The van der Waals surface area contributed by atoms with Gasteiger partial charge in [-0.15, -0.1) is 0 Å². The smallest absolute Gasteiger partial charge is 0.408 e. The topological polar surface area (TPSA) is 95.7 Å². The SMILES string of the molecule is NC1(C(=O)NC2CCCCN2C(=O)O)CC1. The van der Waals surface area contributed by atoms with Crippen molar-refractivity contribution in [1.82, 2.24) is 10.2 Å². The first kappa shape index (κ1) is 11.2. The number of carbonyl (C=O) groups is 2. The molecule has 1 aliphatic heterocycles. The molecule has 6 nitrogen and oxygen atoms in total. The van der Waals surface area contributed by atoms with Crippen LogP contribution in [0.1, 0.15) is 32.1 Å². The maximum Gasteiger partial charge on any atom is 0.408 e. The van der Waals surface area contributed by atoms with Gasteiger partial charge in [0.2, 0.25) is 5.91 Å². The number of likely N-dealkylation sites (tertiary alicyclic amines) is 1. The van der Waals surface area contributed by atoms with Crippen molar-refractivity contribution in [2.75, 3.05) is 6.54 Å². The number of nitrogens with zero attached hydrogens (tertiary/aromatic N) is 1. The highest BCUT2D eigenvalue weighted by Gasteiger charge is 2.47. The van der Waals surface area contributed by atoms with Gasteiger partial charge in [-0.3, -0.25) is 9.69 Å². The Morgan fingerprint density at radius 2 is 2.06 bits per heavy atom. The second-order valence-corrected chi connectivity index (χ2v) is 4.62. The molecule has 2 rings (SSSR count). The summed E-state index contributed by atoms with van der Waals surface area (Å²) >= 11 is 0. The van der Waals surface area contributed by atoms with Gasteiger partial charge in [0, 0.05) is 6.54 Å². The Morgan fingerprint density at radius 1 is 1.38 bits per heavy atom. The highest BCUT2D eigenvalue weighted by molar-refractivity contribution is 5.89. The van der Waals surface area contributed by atoms with Crippen molar-refractivity contribution in [2.45, 2.75) is 43.8 Å². The Morgan fingerprint density at radius 3 is 2.62 bits per heavy atom. The van der Waals surface area contributed by atoms with E-state index >= 15 is 0 Å². The number of rotatable bonds is 2. The third kappa shape index (κ3) is 2.11. The summed E-state index contributed by atoms with van der Waals surface area (Å²) in [5, 5.41) is 11.7. The molecule has 0 aromatic rings. The first-order chi connectivity index (χ1) is 7.53. The van der Waals surface area contributed by atoms with E-state index in [1.165, 1.54) is 4.90 Å². The molecule has 2 amide bonds. The van der Waals surface area contributed by atoms with Crippen LogP contribution < -0.4 is 11.1 Å². The predicted molar refractivity (Wildman–Crippen MR) is 56.7 cm³/mol. The molecule has 1 unspecified atom stereocenters. The molecule has 4 N–H and O–H groups in total. The third-order valence-electron chi connectivity index (χ3n) is 3.29. The second-order valence-electron chi connectivity index (χ2n) is 4.62.